The van der Waals surface area contributed by atoms with Crippen LogP contribution in [0.15, 0.2) is 64.9 Å². The lowest BCUT2D eigenvalue weighted by Gasteiger charge is -2.26. The van der Waals surface area contributed by atoms with Crippen molar-refractivity contribution in [2.24, 2.45) is 0 Å². The van der Waals surface area contributed by atoms with Crippen molar-refractivity contribution in [3.63, 3.8) is 0 Å². The maximum atomic E-state index is 13.2. The summed E-state index contributed by atoms with van der Waals surface area (Å²) in [5.41, 5.74) is -0.886. The highest BCUT2D eigenvalue weighted by molar-refractivity contribution is 7.91. The van der Waals surface area contributed by atoms with E-state index in [0.29, 0.717) is 21.8 Å². The van der Waals surface area contributed by atoms with Crippen molar-refractivity contribution in [3.05, 3.63) is 87.7 Å². The number of aryl methyl sites for hydroxylation is 1. The first kappa shape index (κ1) is 22.6. The van der Waals surface area contributed by atoms with Gasteiger partial charge in [-0.15, -0.1) is 11.3 Å². The van der Waals surface area contributed by atoms with Crippen LogP contribution in [0.3, 0.4) is 0 Å². The number of thiophene rings is 1. The van der Waals surface area contributed by atoms with Gasteiger partial charge in [0.1, 0.15) is 5.82 Å². The third-order valence-corrected chi connectivity index (χ3v) is 7.37. The number of rotatable bonds is 7. The molecule has 31 heavy (non-hydrogen) atoms. The molecule has 3 rings (SSSR count). The SMILES string of the molecule is [C-]#[N+]c1ccc(NC(=O)[C@](O)(Cc2cccs2)CS(=O)(=O)c2ccc(F)cc2)cc1C. The molecule has 0 unspecified atom stereocenters. The summed E-state index contributed by atoms with van der Waals surface area (Å²) >= 11 is 1.29. The molecule has 0 spiro atoms. The zero-order valence-corrected chi connectivity index (χ0v) is 18.1. The van der Waals surface area contributed by atoms with E-state index in [-0.39, 0.29) is 11.3 Å². The largest absolute Gasteiger partial charge is 0.379 e. The number of hydrogen-bond acceptors (Lipinski definition) is 5. The molecular formula is C22H19FN2O4S2. The number of sulfone groups is 1. The van der Waals surface area contributed by atoms with Crippen LogP contribution in [0.5, 0.6) is 0 Å². The van der Waals surface area contributed by atoms with Crippen LogP contribution < -0.4 is 5.32 Å². The average molecular weight is 459 g/mol. The normalized spacial score (nSPS) is 13.2. The molecule has 1 heterocycles. The van der Waals surface area contributed by atoms with Crippen LogP contribution in [-0.2, 0) is 21.1 Å². The highest BCUT2D eigenvalue weighted by Gasteiger charge is 2.41. The molecule has 0 saturated heterocycles. The van der Waals surface area contributed by atoms with Gasteiger partial charge in [-0.1, -0.05) is 12.1 Å². The minimum absolute atomic E-state index is 0.191. The van der Waals surface area contributed by atoms with Gasteiger partial charge in [0.15, 0.2) is 21.1 Å². The molecule has 0 aliphatic rings. The van der Waals surface area contributed by atoms with Crippen LogP contribution in [0.2, 0.25) is 0 Å². The van der Waals surface area contributed by atoms with Gasteiger partial charge in [-0.25, -0.2) is 17.7 Å². The van der Waals surface area contributed by atoms with Gasteiger partial charge in [0.2, 0.25) is 0 Å². The summed E-state index contributed by atoms with van der Waals surface area (Å²) < 4.78 is 39.0. The van der Waals surface area contributed by atoms with Crippen molar-refractivity contribution in [2.45, 2.75) is 23.8 Å². The van der Waals surface area contributed by atoms with E-state index >= 15 is 0 Å². The van der Waals surface area contributed by atoms with E-state index in [1.54, 1.807) is 30.5 Å². The van der Waals surface area contributed by atoms with Crippen molar-refractivity contribution in [2.75, 3.05) is 11.1 Å². The predicted molar refractivity (Wildman–Crippen MR) is 117 cm³/mol. The topological polar surface area (TPSA) is 87.8 Å². The summed E-state index contributed by atoms with van der Waals surface area (Å²) in [5.74, 6) is -2.36. The van der Waals surface area contributed by atoms with Gasteiger partial charge in [0.25, 0.3) is 5.91 Å². The molecule has 9 heteroatoms. The molecule has 0 bridgehead atoms. The molecule has 1 aromatic heterocycles. The summed E-state index contributed by atoms with van der Waals surface area (Å²) in [6, 6.07) is 12.3. The van der Waals surface area contributed by atoms with Gasteiger partial charge in [-0.3, -0.25) is 4.79 Å². The van der Waals surface area contributed by atoms with E-state index in [0.717, 1.165) is 24.3 Å². The van der Waals surface area contributed by atoms with Crippen molar-refractivity contribution in [1.82, 2.24) is 0 Å². The molecule has 0 radical (unpaired) electrons. The zero-order chi connectivity index (χ0) is 22.6. The van der Waals surface area contributed by atoms with Gasteiger partial charge in [0.05, 0.1) is 17.2 Å². The lowest BCUT2D eigenvalue weighted by molar-refractivity contribution is -0.131. The Balaban J connectivity index is 1.92. The Labute approximate surface area is 183 Å². The number of carbonyl (C=O) groups excluding carboxylic acids is 1. The third kappa shape index (κ3) is 5.35. The second kappa shape index (κ2) is 8.98. The third-order valence-electron chi connectivity index (χ3n) is 4.65. The molecule has 3 aromatic rings. The first-order valence-electron chi connectivity index (χ1n) is 9.16. The molecule has 2 N–H and O–H groups in total. The summed E-state index contributed by atoms with van der Waals surface area (Å²) in [4.78, 5) is 16.8. The van der Waals surface area contributed by atoms with Crippen LogP contribution in [-0.4, -0.2) is 30.8 Å². The Hall–Kier alpha value is -3.06. The highest BCUT2D eigenvalue weighted by Crippen LogP contribution is 2.27. The van der Waals surface area contributed by atoms with E-state index < -0.39 is 32.9 Å². The van der Waals surface area contributed by atoms with Crippen LogP contribution in [0.4, 0.5) is 15.8 Å². The fraction of sp³-hybridized carbons (Fsp3) is 0.182. The lowest BCUT2D eigenvalue weighted by Crippen LogP contribution is -2.50. The molecular weight excluding hydrogens is 439 g/mol. The van der Waals surface area contributed by atoms with Gasteiger partial charge in [0, 0.05) is 17.0 Å². The summed E-state index contributed by atoms with van der Waals surface area (Å²) in [7, 11) is -4.11. The number of benzene rings is 2. The zero-order valence-electron chi connectivity index (χ0n) is 16.5. The van der Waals surface area contributed by atoms with Crippen molar-refractivity contribution in [1.29, 1.82) is 0 Å². The summed E-state index contributed by atoms with van der Waals surface area (Å²) in [5, 5.41) is 15.5. The monoisotopic (exact) mass is 458 g/mol. The fourth-order valence-corrected chi connectivity index (χ4v) is 5.43. The smallest absolute Gasteiger partial charge is 0.257 e. The van der Waals surface area contributed by atoms with E-state index in [4.69, 9.17) is 6.57 Å². The minimum atomic E-state index is -4.11. The van der Waals surface area contributed by atoms with Crippen molar-refractivity contribution >= 4 is 38.5 Å². The molecule has 6 nitrogen and oxygen atoms in total. The standard InChI is InChI=1S/C22H19FN2O4S2/c1-15-12-17(7-10-20(15)24-2)25-21(26)22(27,13-18-4-3-11-30-18)14-31(28,29)19-8-5-16(23)6-9-19/h3-12,27H,13-14H2,1H3,(H,25,26)/t22-/m0/s1. The maximum Gasteiger partial charge on any atom is 0.257 e. The van der Waals surface area contributed by atoms with Gasteiger partial charge in [-0.2, -0.15) is 0 Å². The molecule has 0 saturated carbocycles. The Bertz CT molecular complexity index is 1230. The highest BCUT2D eigenvalue weighted by atomic mass is 32.2. The summed E-state index contributed by atoms with van der Waals surface area (Å²) in [6.45, 7) is 8.82. The first-order valence-corrected chi connectivity index (χ1v) is 11.7. The van der Waals surface area contributed by atoms with Crippen LogP contribution in [0.1, 0.15) is 10.4 Å². The van der Waals surface area contributed by atoms with Gasteiger partial charge in [-0.05, 0) is 60.3 Å². The molecule has 2 aromatic carbocycles. The molecule has 1 amide bonds. The van der Waals surface area contributed by atoms with E-state index in [1.807, 2.05) is 0 Å². The number of halogens is 1. The summed E-state index contributed by atoms with van der Waals surface area (Å²) in [6.07, 6.45) is -0.212. The average Bonchev–Trinajstić information content (AvgIpc) is 3.20. The minimum Gasteiger partial charge on any atom is -0.379 e. The Morgan fingerprint density at radius 2 is 1.94 bits per heavy atom. The fourth-order valence-electron chi connectivity index (χ4n) is 3.04. The van der Waals surface area contributed by atoms with Crippen molar-refractivity contribution in [3.8, 4) is 0 Å². The quantitative estimate of drug-likeness (QED) is 0.412. The molecule has 0 aliphatic heterocycles. The van der Waals surface area contributed by atoms with Crippen LogP contribution in [0.25, 0.3) is 4.85 Å². The van der Waals surface area contributed by atoms with E-state index in [1.165, 1.54) is 23.5 Å². The molecule has 160 valence electrons. The van der Waals surface area contributed by atoms with Gasteiger partial charge < -0.3 is 10.4 Å². The van der Waals surface area contributed by atoms with Crippen molar-refractivity contribution < 1.29 is 22.7 Å². The van der Waals surface area contributed by atoms with Gasteiger partial charge >= 0.3 is 0 Å². The van der Waals surface area contributed by atoms with E-state index in [2.05, 4.69) is 10.2 Å². The molecule has 0 fully saturated rings. The second-order valence-corrected chi connectivity index (χ2v) is 10.1. The predicted octanol–water partition coefficient (Wildman–Crippen LogP) is 4.13. The number of nitrogens with one attached hydrogen (secondary N) is 1. The number of amides is 1. The Morgan fingerprint density at radius 3 is 2.52 bits per heavy atom. The number of carbonyl (C=O) groups is 1. The number of nitrogens with zero attached hydrogens (tertiary/aromatic N) is 1. The lowest BCUT2D eigenvalue weighted by atomic mass is 9.99. The first-order chi connectivity index (χ1) is 14.6. The Morgan fingerprint density at radius 1 is 1.23 bits per heavy atom. The number of hydrogen-bond donors (Lipinski definition) is 2. The molecule has 1 atom stereocenters. The second-order valence-electron chi connectivity index (χ2n) is 7.07. The van der Waals surface area contributed by atoms with Crippen LogP contribution >= 0.6 is 11.3 Å². The Kier molecular flexibility index (Phi) is 6.55. The molecule has 0 aliphatic carbocycles. The number of anilines is 1. The number of aliphatic hydroxyl groups is 1. The maximum absolute atomic E-state index is 13.2. The van der Waals surface area contributed by atoms with E-state index in [9.17, 15) is 22.7 Å². The van der Waals surface area contributed by atoms with Crippen LogP contribution in [0, 0.1) is 19.3 Å².